The molecular formula is C10H12N2O4. The maximum absolute atomic E-state index is 10.9. The lowest BCUT2D eigenvalue weighted by Gasteiger charge is -2.19. The van der Waals surface area contributed by atoms with E-state index >= 15 is 0 Å². The second kappa shape index (κ2) is 5.01. The van der Waals surface area contributed by atoms with Gasteiger partial charge in [0.2, 0.25) is 0 Å². The van der Waals surface area contributed by atoms with Gasteiger partial charge in [0, 0.05) is 6.54 Å². The molecule has 3 N–H and O–H groups in total. The summed E-state index contributed by atoms with van der Waals surface area (Å²) >= 11 is 0. The van der Waals surface area contributed by atoms with E-state index in [4.69, 9.17) is 15.6 Å². The number of hydrogen-bond acceptors (Lipinski definition) is 3. The Hall–Kier alpha value is -2.24. The van der Waals surface area contributed by atoms with Crippen LogP contribution in [-0.4, -0.2) is 23.8 Å². The van der Waals surface area contributed by atoms with Crippen LogP contribution in [0, 0.1) is 0 Å². The van der Waals surface area contributed by atoms with Crippen LogP contribution in [0.2, 0.25) is 0 Å². The summed E-state index contributed by atoms with van der Waals surface area (Å²) in [7, 11) is 0. The molecule has 0 unspecified atom stereocenters. The number of para-hydroxylation sites is 2. The van der Waals surface area contributed by atoms with Crippen LogP contribution in [-0.2, 0) is 0 Å². The fourth-order valence-electron chi connectivity index (χ4n) is 1.28. The van der Waals surface area contributed by atoms with Gasteiger partial charge < -0.3 is 15.6 Å². The number of ether oxygens (including phenoxy) is 1. The quantitative estimate of drug-likeness (QED) is 0.816. The first kappa shape index (κ1) is 11.8. The number of amides is 2. The number of anilines is 1. The Morgan fingerprint density at radius 2 is 2.06 bits per heavy atom. The monoisotopic (exact) mass is 224 g/mol. The van der Waals surface area contributed by atoms with Crippen molar-refractivity contribution >= 4 is 17.9 Å². The molecule has 1 rings (SSSR count). The van der Waals surface area contributed by atoms with Crippen LogP contribution in [0.4, 0.5) is 15.3 Å². The number of benzene rings is 1. The summed E-state index contributed by atoms with van der Waals surface area (Å²) in [5.74, 6) is 0.124. The van der Waals surface area contributed by atoms with Gasteiger partial charge >= 0.3 is 12.2 Å². The maximum atomic E-state index is 10.9. The Balaban J connectivity index is 3.10. The largest absolute Gasteiger partial charge is 0.465 e. The van der Waals surface area contributed by atoms with Crippen molar-refractivity contribution in [3.8, 4) is 5.75 Å². The summed E-state index contributed by atoms with van der Waals surface area (Å²) in [5.41, 5.74) is 5.17. The summed E-state index contributed by atoms with van der Waals surface area (Å²) in [6.45, 7) is 1.92. The third-order valence-electron chi connectivity index (χ3n) is 1.91. The van der Waals surface area contributed by atoms with Crippen LogP contribution in [0.15, 0.2) is 24.3 Å². The molecule has 0 fully saturated rings. The molecule has 0 aliphatic carbocycles. The molecule has 6 heteroatoms. The first-order valence-corrected chi connectivity index (χ1v) is 4.63. The van der Waals surface area contributed by atoms with E-state index in [-0.39, 0.29) is 18.0 Å². The Bertz CT molecular complexity index is 406. The molecular weight excluding hydrogens is 212 g/mol. The van der Waals surface area contributed by atoms with Gasteiger partial charge in [-0.3, -0.25) is 4.90 Å². The molecule has 0 heterocycles. The minimum atomic E-state index is -1.12. The zero-order valence-electron chi connectivity index (χ0n) is 8.71. The van der Waals surface area contributed by atoms with E-state index in [9.17, 15) is 9.59 Å². The van der Waals surface area contributed by atoms with E-state index in [2.05, 4.69) is 0 Å². The summed E-state index contributed by atoms with van der Waals surface area (Å²) in [6, 6.07) is 6.29. The number of nitrogens with zero attached hydrogens (tertiary/aromatic N) is 1. The van der Waals surface area contributed by atoms with Gasteiger partial charge in [-0.05, 0) is 19.1 Å². The minimum Gasteiger partial charge on any atom is -0.465 e. The molecule has 0 atom stereocenters. The van der Waals surface area contributed by atoms with Gasteiger partial charge in [0.15, 0.2) is 5.75 Å². The van der Waals surface area contributed by atoms with Gasteiger partial charge in [-0.15, -0.1) is 0 Å². The molecule has 0 radical (unpaired) electrons. The van der Waals surface area contributed by atoms with Crippen LogP contribution < -0.4 is 15.4 Å². The molecule has 0 spiro atoms. The highest BCUT2D eigenvalue weighted by atomic mass is 16.5. The Kier molecular flexibility index (Phi) is 3.71. The van der Waals surface area contributed by atoms with E-state index in [1.165, 1.54) is 12.1 Å². The number of rotatable bonds is 3. The van der Waals surface area contributed by atoms with Gasteiger partial charge in [0.1, 0.15) is 0 Å². The van der Waals surface area contributed by atoms with Gasteiger partial charge in [-0.2, -0.15) is 0 Å². The van der Waals surface area contributed by atoms with Crippen molar-refractivity contribution in [1.29, 1.82) is 0 Å². The molecule has 0 saturated heterocycles. The molecule has 0 aliphatic rings. The SMILES string of the molecule is CCN(C(=O)O)c1ccccc1OC(N)=O. The topological polar surface area (TPSA) is 92.9 Å². The smallest absolute Gasteiger partial charge is 0.411 e. The number of carbonyl (C=O) groups excluding carboxylic acids is 1. The molecule has 0 aliphatic heterocycles. The van der Waals surface area contributed by atoms with Crippen molar-refractivity contribution in [1.82, 2.24) is 0 Å². The maximum Gasteiger partial charge on any atom is 0.411 e. The molecule has 0 saturated carbocycles. The lowest BCUT2D eigenvalue weighted by Crippen LogP contribution is -2.29. The van der Waals surface area contributed by atoms with Crippen LogP contribution in [0.3, 0.4) is 0 Å². The minimum absolute atomic E-state index is 0.124. The van der Waals surface area contributed by atoms with E-state index in [0.717, 1.165) is 4.90 Å². The highest BCUT2D eigenvalue weighted by Gasteiger charge is 2.17. The second-order valence-corrected chi connectivity index (χ2v) is 2.92. The number of carbonyl (C=O) groups is 2. The molecule has 0 bridgehead atoms. The van der Waals surface area contributed by atoms with Crippen LogP contribution in [0.25, 0.3) is 0 Å². The number of primary amides is 1. The average Bonchev–Trinajstić information content (AvgIpc) is 2.20. The highest BCUT2D eigenvalue weighted by Crippen LogP contribution is 2.27. The zero-order chi connectivity index (χ0) is 12.1. The molecule has 0 aromatic heterocycles. The van der Waals surface area contributed by atoms with Crippen molar-refractivity contribution in [2.75, 3.05) is 11.4 Å². The van der Waals surface area contributed by atoms with Crippen LogP contribution in [0.1, 0.15) is 6.92 Å². The van der Waals surface area contributed by atoms with Gasteiger partial charge in [-0.1, -0.05) is 12.1 Å². The Morgan fingerprint density at radius 1 is 1.44 bits per heavy atom. The Labute approximate surface area is 92.2 Å². The van der Waals surface area contributed by atoms with Gasteiger partial charge in [0.25, 0.3) is 0 Å². The first-order chi connectivity index (χ1) is 7.56. The summed E-state index contributed by atoms with van der Waals surface area (Å²) in [6.07, 6.45) is -2.10. The Morgan fingerprint density at radius 3 is 2.56 bits per heavy atom. The predicted octanol–water partition coefficient (Wildman–Crippen LogP) is 1.65. The van der Waals surface area contributed by atoms with Crippen molar-refractivity contribution < 1.29 is 19.4 Å². The first-order valence-electron chi connectivity index (χ1n) is 4.63. The normalized spacial score (nSPS) is 9.56. The third-order valence-corrected chi connectivity index (χ3v) is 1.91. The molecule has 6 nitrogen and oxygen atoms in total. The standard InChI is InChI=1S/C10H12N2O4/c1-2-12(10(14)15)7-5-3-4-6-8(7)16-9(11)13/h3-6H,2H2,1H3,(H2,11,13)(H,14,15). The average molecular weight is 224 g/mol. The van der Waals surface area contributed by atoms with Crippen molar-refractivity contribution in [2.24, 2.45) is 5.73 Å². The van der Waals surface area contributed by atoms with E-state index < -0.39 is 12.2 Å². The van der Waals surface area contributed by atoms with E-state index in [0.29, 0.717) is 0 Å². The lowest BCUT2D eigenvalue weighted by atomic mass is 10.2. The molecule has 1 aromatic rings. The van der Waals surface area contributed by atoms with Gasteiger partial charge in [-0.25, -0.2) is 9.59 Å². The molecule has 1 aromatic carbocycles. The fourth-order valence-corrected chi connectivity index (χ4v) is 1.28. The summed E-state index contributed by atoms with van der Waals surface area (Å²) < 4.78 is 4.71. The fraction of sp³-hybridized carbons (Fsp3) is 0.200. The molecule has 2 amide bonds. The number of hydrogen-bond donors (Lipinski definition) is 2. The number of nitrogens with two attached hydrogens (primary N) is 1. The van der Waals surface area contributed by atoms with Crippen molar-refractivity contribution in [2.45, 2.75) is 6.92 Å². The molecule has 16 heavy (non-hydrogen) atoms. The van der Waals surface area contributed by atoms with Crippen LogP contribution in [0.5, 0.6) is 5.75 Å². The highest BCUT2D eigenvalue weighted by molar-refractivity contribution is 5.88. The zero-order valence-corrected chi connectivity index (χ0v) is 8.71. The van der Waals surface area contributed by atoms with E-state index in [1.54, 1.807) is 19.1 Å². The number of carboxylic acid groups (broad SMARTS) is 1. The molecule has 86 valence electrons. The van der Waals surface area contributed by atoms with Crippen molar-refractivity contribution in [3.63, 3.8) is 0 Å². The summed E-state index contributed by atoms with van der Waals surface area (Å²) in [5, 5.41) is 8.94. The van der Waals surface area contributed by atoms with Gasteiger partial charge in [0.05, 0.1) is 5.69 Å². The second-order valence-electron chi connectivity index (χ2n) is 2.92. The summed E-state index contributed by atoms with van der Waals surface area (Å²) in [4.78, 5) is 22.6. The third kappa shape index (κ3) is 2.63. The predicted molar refractivity (Wildman–Crippen MR) is 57.7 cm³/mol. The van der Waals surface area contributed by atoms with Crippen molar-refractivity contribution in [3.05, 3.63) is 24.3 Å². The lowest BCUT2D eigenvalue weighted by molar-refractivity contribution is 0.200. The van der Waals surface area contributed by atoms with Crippen LogP contribution >= 0.6 is 0 Å². The van der Waals surface area contributed by atoms with E-state index in [1.807, 2.05) is 0 Å².